The Kier molecular flexibility index (Phi) is 4.79. The number of benzene rings is 2. The van der Waals surface area contributed by atoms with Gasteiger partial charge in [-0.3, -0.25) is 0 Å². The standard InChI is InChI=1S/C25H25N5OS/c1-30-24(27-28-29-30)18-3-6-19(7-4-18)25(15-17-2-5-21(25)14-17)20-8-10-22(11-9-20)31-16-23-26-12-13-32-23/h3-4,6-13,17,21H,2,5,14-16H2,1H3/t17-,21+,25-/m1/s1. The molecular formula is C25H25N5OS. The van der Waals surface area contributed by atoms with Gasteiger partial charge in [-0.05, 0) is 64.8 Å². The topological polar surface area (TPSA) is 65.7 Å². The first-order chi connectivity index (χ1) is 15.7. The molecule has 0 unspecified atom stereocenters. The van der Waals surface area contributed by atoms with Gasteiger partial charge in [0.05, 0.1) is 0 Å². The smallest absolute Gasteiger partial charge is 0.181 e. The average Bonchev–Trinajstić information content (AvgIpc) is 3.63. The zero-order chi connectivity index (χ0) is 21.5. The number of nitrogens with zero attached hydrogens (tertiary/aromatic N) is 5. The Morgan fingerprint density at radius 2 is 1.84 bits per heavy atom. The Labute approximate surface area is 191 Å². The fourth-order valence-electron chi connectivity index (χ4n) is 5.91. The van der Waals surface area contributed by atoms with Crippen LogP contribution in [0.15, 0.2) is 60.1 Å². The first-order valence-corrected chi connectivity index (χ1v) is 12.1. The van der Waals surface area contributed by atoms with Gasteiger partial charge >= 0.3 is 0 Å². The molecule has 162 valence electrons. The average molecular weight is 444 g/mol. The molecule has 4 aromatic rings. The third-order valence-electron chi connectivity index (χ3n) is 7.34. The van der Waals surface area contributed by atoms with Gasteiger partial charge in [-0.15, -0.1) is 16.4 Å². The van der Waals surface area contributed by atoms with Crippen LogP contribution in [-0.4, -0.2) is 25.2 Å². The summed E-state index contributed by atoms with van der Waals surface area (Å²) in [5.41, 5.74) is 3.93. The molecule has 2 saturated carbocycles. The summed E-state index contributed by atoms with van der Waals surface area (Å²) >= 11 is 1.62. The number of ether oxygens (including phenoxy) is 1. The van der Waals surface area contributed by atoms with Crippen molar-refractivity contribution in [1.29, 1.82) is 0 Å². The van der Waals surface area contributed by atoms with Gasteiger partial charge in [-0.1, -0.05) is 42.8 Å². The molecule has 2 bridgehead atoms. The van der Waals surface area contributed by atoms with Crippen LogP contribution in [0.4, 0.5) is 0 Å². The van der Waals surface area contributed by atoms with Gasteiger partial charge < -0.3 is 4.74 Å². The molecule has 6 rings (SSSR count). The number of fused-ring (bicyclic) bond motifs is 2. The lowest BCUT2D eigenvalue weighted by Crippen LogP contribution is -2.34. The highest BCUT2D eigenvalue weighted by Gasteiger charge is 2.52. The van der Waals surface area contributed by atoms with Crippen molar-refractivity contribution in [3.63, 3.8) is 0 Å². The fourth-order valence-corrected chi connectivity index (χ4v) is 6.44. The molecule has 2 fully saturated rings. The van der Waals surface area contributed by atoms with E-state index < -0.39 is 0 Å². The van der Waals surface area contributed by atoms with Crippen molar-refractivity contribution in [2.75, 3.05) is 0 Å². The van der Waals surface area contributed by atoms with E-state index in [0.29, 0.717) is 12.5 Å². The lowest BCUT2D eigenvalue weighted by molar-refractivity contribution is 0.303. The molecule has 2 aliphatic rings. The van der Waals surface area contributed by atoms with Gasteiger partial charge in [-0.25, -0.2) is 9.67 Å². The normalized spacial score (nSPS) is 24.2. The second kappa shape index (κ2) is 7.81. The van der Waals surface area contributed by atoms with Gasteiger partial charge in [0.15, 0.2) is 5.82 Å². The third kappa shape index (κ3) is 3.23. The van der Waals surface area contributed by atoms with E-state index in [1.54, 1.807) is 16.0 Å². The summed E-state index contributed by atoms with van der Waals surface area (Å²) in [5, 5.41) is 14.9. The molecular weight excluding hydrogens is 418 g/mol. The molecule has 0 radical (unpaired) electrons. The monoisotopic (exact) mass is 443 g/mol. The maximum atomic E-state index is 5.96. The highest BCUT2D eigenvalue weighted by atomic mass is 32.1. The van der Waals surface area contributed by atoms with E-state index >= 15 is 0 Å². The maximum Gasteiger partial charge on any atom is 0.181 e. The Bertz CT molecular complexity index is 1200. The van der Waals surface area contributed by atoms with E-state index in [2.05, 4.69) is 69.0 Å². The molecule has 6 nitrogen and oxygen atoms in total. The number of aryl methyl sites for hydroxylation is 1. The molecule has 0 aliphatic heterocycles. The molecule has 2 heterocycles. The van der Waals surface area contributed by atoms with E-state index in [0.717, 1.165) is 28.1 Å². The Morgan fingerprint density at radius 3 is 2.44 bits per heavy atom. The lowest BCUT2D eigenvalue weighted by Gasteiger charge is -2.39. The van der Waals surface area contributed by atoms with Crippen LogP contribution in [0.3, 0.4) is 0 Å². The van der Waals surface area contributed by atoms with Gasteiger partial charge in [0.2, 0.25) is 0 Å². The van der Waals surface area contributed by atoms with Crippen molar-refractivity contribution in [2.24, 2.45) is 18.9 Å². The minimum Gasteiger partial charge on any atom is -0.486 e. The molecule has 7 heteroatoms. The molecule has 0 saturated heterocycles. The molecule has 2 aromatic carbocycles. The zero-order valence-corrected chi connectivity index (χ0v) is 18.8. The second-order valence-electron chi connectivity index (χ2n) is 8.99. The van der Waals surface area contributed by atoms with Crippen molar-refractivity contribution < 1.29 is 4.74 Å². The summed E-state index contributed by atoms with van der Waals surface area (Å²) < 4.78 is 7.68. The summed E-state index contributed by atoms with van der Waals surface area (Å²) in [6, 6.07) is 17.7. The van der Waals surface area contributed by atoms with Gasteiger partial charge in [0, 0.05) is 29.6 Å². The number of aromatic nitrogens is 5. The van der Waals surface area contributed by atoms with Crippen LogP contribution in [0.25, 0.3) is 11.4 Å². The number of hydrogen-bond donors (Lipinski definition) is 0. The fraction of sp³-hybridized carbons (Fsp3) is 0.360. The van der Waals surface area contributed by atoms with Crippen LogP contribution in [0.1, 0.15) is 41.8 Å². The number of thiazole rings is 1. The minimum absolute atomic E-state index is 0.0768. The quantitative estimate of drug-likeness (QED) is 0.419. The van der Waals surface area contributed by atoms with Crippen molar-refractivity contribution in [2.45, 2.75) is 37.7 Å². The highest BCUT2D eigenvalue weighted by Crippen LogP contribution is 2.60. The summed E-state index contributed by atoms with van der Waals surface area (Å²) in [5.74, 6) is 3.20. The van der Waals surface area contributed by atoms with Crippen LogP contribution in [0.2, 0.25) is 0 Å². The van der Waals surface area contributed by atoms with Crippen LogP contribution < -0.4 is 4.74 Å². The van der Waals surface area contributed by atoms with Crippen LogP contribution in [0.5, 0.6) is 5.75 Å². The van der Waals surface area contributed by atoms with Gasteiger partial charge in [-0.2, -0.15) is 0 Å². The Morgan fingerprint density at radius 1 is 1.06 bits per heavy atom. The van der Waals surface area contributed by atoms with Crippen LogP contribution >= 0.6 is 11.3 Å². The first kappa shape index (κ1) is 19.6. The summed E-state index contributed by atoms with van der Waals surface area (Å²) in [6.45, 7) is 0.519. The zero-order valence-electron chi connectivity index (χ0n) is 18.0. The van der Waals surface area contributed by atoms with E-state index in [1.807, 2.05) is 18.6 Å². The SMILES string of the molecule is Cn1nnnc1-c1ccc([C@@]2(c3ccc(OCc4nccs4)cc3)C[C@@H]3CC[C@H]2C3)cc1. The molecule has 0 spiro atoms. The molecule has 2 aliphatic carbocycles. The third-order valence-corrected chi connectivity index (χ3v) is 8.10. The maximum absolute atomic E-state index is 5.96. The minimum atomic E-state index is 0.0768. The van der Waals surface area contributed by atoms with Gasteiger partial charge in [0.1, 0.15) is 17.4 Å². The van der Waals surface area contributed by atoms with E-state index in [4.69, 9.17) is 4.74 Å². The van der Waals surface area contributed by atoms with Crippen LogP contribution in [0, 0.1) is 11.8 Å². The molecule has 32 heavy (non-hydrogen) atoms. The number of hydrogen-bond acceptors (Lipinski definition) is 6. The first-order valence-electron chi connectivity index (χ1n) is 11.2. The van der Waals surface area contributed by atoms with E-state index in [9.17, 15) is 0 Å². The molecule has 3 atom stereocenters. The number of rotatable bonds is 6. The molecule has 0 amide bonds. The Balaban J connectivity index is 1.31. The van der Waals surface area contributed by atoms with Crippen LogP contribution in [-0.2, 0) is 19.1 Å². The summed E-state index contributed by atoms with van der Waals surface area (Å²) in [7, 11) is 1.87. The Hall–Kier alpha value is -3.06. The van der Waals surface area contributed by atoms with Gasteiger partial charge in [0.25, 0.3) is 0 Å². The van der Waals surface area contributed by atoms with Crippen molar-refractivity contribution >= 4 is 11.3 Å². The molecule has 2 aromatic heterocycles. The van der Waals surface area contributed by atoms with Crippen molar-refractivity contribution in [3.05, 3.63) is 76.2 Å². The van der Waals surface area contributed by atoms with E-state index in [-0.39, 0.29) is 5.41 Å². The number of tetrazole rings is 1. The summed E-state index contributed by atoms with van der Waals surface area (Å²) in [4.78, 5) is 4.30. The lowest BCUT2D eigenvalue weighted by atomic mass is 9.64. The van der Waals surface area contributed by atoms with Crippen molar-refractivity contribution in [3.8, 4) is 17.1 Å². The predicted octanol–water partition coefficient (Wildman–Crippen LogP) is 5.02. The van der Waals surface area contributed by atoms with Crippen molar-refractivity contribution in [1.82, 2.24) is 25.2 Å². The second-order valence-corrected chi connectivity index (χ2v) is 9.97. The highest BCUT2D eigenvalue weighted by molar-refractivity contribution is 7.09. The predicted molar refractivity (Wildman–Crippen MR) is 123 cm³/mol. The van der Waals surface area contributed by atoms with E-state index in [1.165, 1.54) is 36.8 Å². The molecule has 0 N–H and O–H groups in total. The summed E-state index contributed by atoms with van der Waals surface area (Å²) in [6.07, 6.45) is 7.04. The largest absolute Gasteiger partial charge is 0.486 e.